The first kappa shape index (κ1) is 15.1. The van der Waals surface area contributed by atoms with Crippen LogP contribution in [0.25, 0.3) is 11.1 Å². The van der Waals surface area contributed by atoms with E-state index in [-0.39, 0.29) is 6.42 Å². The Kier molecular flexibility index (Phi) is 4.65. The molecule has 0 aromatic heterocycles. The minimum Gasteiger partial charge on any atom is -0.468 e. The van der Waals surface area contributed by atoms with Gasteiger partial charge in [0.25, 0.3) is 0 Å². The highest BCUT2D eigenvalue weighted by Gasteiger charge is 2.15. The maximum atomic E-state index is 13.8. The van der Waals surface area contributed by atoms with E-state index in [4.69, 9.17) is 5.73 Å². The highest BCUT2D eigenvalue weighted by atomic mass is 19.1. The molecular weight excluding hydrogens is 276 g/mol. The van der Waals surface area contributed by atoms with E-state index in [1.165, 1.54) is 19.2 Å². The van der Waals surface area contributed by atoms with Crippen LogP contribution in [0, 0.1) is 11.6 Å². The van der Waals surface area contributed by atoms with Crippen molar-refractivity contribution in [2.75, 3.05) is 7.11 Å². The summed E-state index contributed by atoms with van der Waals surface area (Å²) in [7, 11) is 1.27. The van der Waals surface area contributed by atoms with Gasteiger partial charge in [-0.1, -0.05) is 24.3 Å². The van der Waals surface area contributed by atoms with Gasteiger partial charge in [-0.2, -0.15) is 0 Å². The molecule has 0 fully saturated rings. The van der Waals surface area contributed by atoms with Crippen molar-refractivity contribution in [1.29, 1.82) is 0 Å². The zero-order valence-electron chi connectivity index (χ0n) is 11.5. The molecule has 2 aromatic rings. The predicted octanol–water partition coefficient (Wildman–Crippen LogP) is 2.67. The molecule has 1 unspecified atom stereocenters. The Bertz CT molecular complexity index is 658. The lowest BCUT2D eigenvalue weighted by molar-refractivity contribution is -0.142. The maximum Gasteiger partial charge on any atom is 0.322 e. The van der Waals surface area contributed by atoms with Gasteiger partial charge in [-0.25, -0.2) is 8.78 Å². The van der Waals surface area contributed by atoms with Crippen LogP contribution in [0.3, 0.4) is 0 Å². The lowest BCUT2D eigenvalue weighted by Gasteiger charge is -2.11. The number of benzene rings is 2. The Labute approximate surface area is 121 Å². The molecule has 0 amide bonds. The molecule has 0 aliphatic rings. The summed E-state index contributed by atoms with van der Waals surface area (Å²) in [6.45, 7) is 0. The first-order chi connectivity index (χ1) is 10.0. The number of nitrogens with two attached hydrogens (primary N) is 1. The van der Waals surface area contributed by atoms with Crippen LogP contribution >= 0.6 is 0 Å². The van der Waals surface area contributed by atoms with Crippen molar-refractivity contribution in [3.63, 3.8) is 0 Å². The number of hydrogen-bond acceptors (Lipinski definition) is 3. The lowest BCUT2D eigenvalue weighted by Crippen LogP contribution is -2.33. The van der Waals surface area contributed by atoms with E-state index in [2.05, 4.69) is 4.74 Å². The zero-order chi connectivity index (χ0) is 15.4. The lowest BCUT2D eigenvalue weighted by atomic mass is 9.99. The Morgan fingerprint density at radius 3 is 2.67 bits per heavy atom. The summed E-state index contributed by atoms with van der Waals surface area (Å²) in [5.74, 6) is -1.77. The van der Waals surface area contributed by atoms with E-state index in [1.807, 2.05) is 0 Å². The van der Waals surface area contributed by atoms with E-state index >= 15 is 0 Å². The third kappa shape index (κ3) is 3.64. The smallest absolute Gasteiger partial charge is 0.322 e. The van der Waals surface area contributed by atoms with Crippen molar-refractivity contribution < 1.29 is 18.3 Å². The third-order valence-electron chi connectivity index (χ3n) is 3.13. The van der Waals surface area contributed by atoms with Gasteiger partial charge in [-0.15, -0.1) is 0 Å². The molecule has 0 heterocycles. The summed E-state index contributed by atoms with van der Waals surface area (Å²) < 4.78 is 31.3. The second-order valence-electron chi connectivity index (χ2n) is 4.66. The minimum atomic E-state index is -0.775. The van der Waals surface area contributed by atoms with Gasteiger partial charge in [0, 0.05) is 11.6 Å². The summed E-state index contributed by atoms with van der Waals surface area (Å²) in [6, 6.07) is 9.59. The van der Waals surface area contributed by atoms with Gasteiger partial charge in [0.15, 0.2) is 0 Å². The predicted molar refractivity (Wildman–Crippen MR) is 75.5 cm³/mol. The van der Waals surface area contributed by atoms with Gasteiger partial charge >= 0.3 is 5.97 Å². The molecule has 3 nitrogen and oxygen atoms in total. The Morgan fingerprint density at radius 1 is 1.24 bits per heavy atom. The molecule has 1 atom stereocenters. The highest BCUT2D eigenvalue weighted by molar-refractivity contribution is 5.76. The summed E-state index contributed by atoms with van der Waals surface area (Å²) in [5, 5.41) is 0. The van der Waals surface area contributed by atoms with E-state index in [0.717, 1.165) is 11.6 Å². The molecule has 110 valence electrons. The third-order valence-corrected chi connectivity index (χ3v) is 3.13. The Hall–Kier alpha value is -2.27. The monoisotopic (exact) mass is 291 g/mol. The van der Waals surface area contributed by atoms with Crippen molar-refractivity contribution in [3.05, 3.63) is 59.7 Å². The first-order valence-electron chi connectivity index (χ1n) is 6.39. The molecule has 2 aromatic carbocycles. The molecule has 0 spiro atoms. The number of rotatable bonds is 4. The molecule has 5 heteroatoms. The van der Waals surface area contributed by atoms with Crippen LogP contribution in [0.1, 0.15) is 5.56 Å². The number of esters is 1. The first-order valence-corrected chi connectivity index (χ1v) is 6.39. The number of hydrogen-bond donors (Lipinski definition) is 1. The van der Waals surface area contributed by atoms with Crippen LogP contribution in [0.2, 0.25) is 0 Å². The van der Waals surface area contributed by atoms with Crippen LogP contribution in [0.15, 0.2) is 42.5 Å². The van der Waals surface area contributed by atoms with Gasteiger partial charge in [-0.3, -0.25) is 4.79 Å². The molecule has 21 heavy (non-hydrogen) atoms. The quantitative estimate of drug-likeness (QED) is 0.881. The molecular formula is C16H15F2NO2. The van der Waals surface area contributed by atoms with Gasteiger partial charge in [0.05, 0.1) is 7.11 Å². The Morgan fingerprint density at radius 2 is 2.00 bits per heavy atom. The van der Waals surface area contributed by atoms with Crippen molar-refractivity contribution >= 4 is 5.97 Å². The number of halogens is 2. The van der Waals surface area contributed by atoms with Crippen LogP contribution in [-0.4, -0.2) is 19.1 Å². The number of methoxy groups -OCH3 is 1. The summed E-state index contributed by atoms with van der Waals surface area (Å²) >= 11 is 0. The van der Waals surface area contributed by atoms with Crippen LogP contribution in [0.4, 0.5) is 8.78 Å². The van der Waals surface area contributed by atoms with Gasteiger partial charge in [0.1, 0.15) is 17.7 Å². The van der Waals surface area contributed by atoms with Crippen LogP contribution in [0.5, 0.6) is 0 Å². The molecule has 0 radical (unpaired) electrons. The standard InChI is InChI=1S/C16H15F2NO2/c1-21-16(20)15(19)8-10-3-2-4-11(7-10)13-6-5-12(17)9-14(13)18/h2-7,9,15H,8,19H2,1H3. The maximum absolute atomic E-state index is 13.8. The molecule has 2 rings (SSSR count). The minimum absolute atomic E-state index is 0.281. The molecule has 2 N–H and O–H groups in total. The number of carbonyl (C=O) groups is 1. The van der Waals surface area contributed by atoms with Crippen molar-refractivity contribution in [1.82, 2.24) is 0 Å². The molecule has 0 bridgehead atoms. The van der Waals surface area contributed by atoms with Crippen LogP contribution < -0.4 is 5.73 Å². The van der Waals surface area contributed by atoms with E-state index in [1.54, 1.807) is 24.3 Å². The average molecular weight is 291 g/mol. The van der Waals surface area contributed by atoms with Crippen molar-refractivity contribution in [2.45, 2.75) is 12.5 Å². The topological polar surface area (TPSA) is 52.3 Å². The summed E-state index contributed by atoms with van der Waals surface area (Å²) in [4.78, 5) is 11.3. The fraction of sp³-hybridized carbons (Fsp3) is 0.188. The van der Waals surface area contributed by atoms with Crippen molar-refractivity contribution in [2.24, 2.45) is 5.73 Å². The van der Waals surface area contributed by atoms with Crippen molar-refractivity contribution in [3.8, 4) is 11.1 Å². The number of carbonyl (C=O) groups excluding carboxylic acids is 1. The van der Waals surface area contributed by atoms with E-state index in [0.29, 0.717) is 11.1 Å². The van der Waals surface area contributed by atoms with Gasteiger partial charge in [0.2, 0.25) is 0 Å². The average Bonchev–Trinajstić information content (AvgIpc) is 2.46. The van der Waals surface area contributed by atoms with E-state index < -0.39 is 23.6 Å². The van der Waals surface area contributed by atoms with Crippen LogP contribution in [-0.2, 0) is 16.0 Å². The van der Waals surface area contributed by atoms with Gasteiger partial charge < -0.3 is 10.5 Å². The highest BCUT2D eigenvalue weighted by Crippen LogP contribution is 2.24. The molecule has 0 saturated heterocycles. The summed E-state index contributed by atoms with van der Waals surface area (Å²) in [5.41, 5.74) is 7.37. The largest absolute Gasteiger partial charge is 0.468 e. The molecule has 0 aliphatic heterocycles. The second kappa shape index (κ2) is 6.45. The van der Waals surface area contributed by atoms with E-state index in [9.17, 15) is 13.6 Å². The SMILES string of the molecule is COC(=O)C(N)Cc1cccc(-c2ccc(F)cc2F)c1. The summed E-state index contributed by atoms with van der Waals surface area (Å²) in [6.07, 6.45) is 0.281. The number of ether oxygens (including phenoxy) is 1. The molecule has 0 aliphatic carbocycles. The fourth-order valence-electron chi connectivity index (χ4n) is 2.08. The zero-order valence-corrected chi connectivity index (χ0v) is 11.5. The molecule has 0 saturated carbocycles. The fourth-order valence-corrected chi connectivity index (χ4v) is 2.08. The normalized spacial score (nSPS) is 12.0. The second-order valence-corrected chi connectivity index (χ2v) is 4.66. The Balaban J connectivity index is 2.27. The van der Waals surface area contributed by atoms with Gasteiger partial charge in [-0.05, 0) is 29.7 Å².